The average molecular weight is 308 g/mol. The van der Waals surface area contributed by atoms with E-state index in [-0.39, 0.29) is 22.7 Å². The summed E-state index contributed by atoms with van der Waals surface area (Å²) < 4.78 is 13.0. The zero-order valence-corrected chi connectivity index (χ0v) is 15.2. The first-order valence-corrected chi connectivity index (χ1v) is 11.0. The van der Waals surface area contributed by atoms with Crippen molar-refractivity contribution in [2.24, 2.45) is 5.92 Å². The Morgan fingerprint density at radius 2 is 2.00 bits per heavy atom. The molecule has 0 amide bonds. The van der Waals surface area contributed by atoms with Gasteiger partial charge in [-0.2, -0.15) is 0 Å². The summed E-state index contributed by atoms with van der Waals surface area (Å²) >= 11 is 0. The summed E-state index contributed by atoms with van der Waals surface area (Å²) in [6, 6.07) is 0. The number of rotatable bonds is 2. The average Bonchev–Trinajstić information content (AvgIpc) is 2.83. The molecule has 3 rings (SSSR count). The molecule has 0 N–H and O–H groups in total. The van der Waals surface area contributed by atoms with Crippen LogP contribution in [0.2, 0.25) is 18.1 Å². The summed E-state index contributed by atoms with van der Waals surface area (Å²) in [4.78, 5) is 12.4. The van der Waals surface area contributed by atoms with Gasteiger partial charge in [-0.15, -0.1) is 0 Å². The number of carbonyl (C=O) groups excluding carboxylic acids is 1. The highest BCUT2D eigenvalue weighted by Gasteiger charge is 2.64. The highest BCUT2D eigenvalue weighted by Crippen LogP contribution is 2.56. The molecule has 0 radical (unpaired) electrons. The van der Waals surface area contributed by atoms with E-state index >= 15 is 0 Å². The van der Waals surface area contributed by atoms with Crippen molar-refractivity contribution in [1.29, 1.82) is 0 Å². The largest absolute Gasteiger partial charge is 0.411 e. The molecular weight excluding hydrogens is 280 g/mol. The second kappa shape index (κ2) is 4.30. The molecule has 3 aliphatic rings. The first-order chi connectivity index (χ1) is 9.49. The van der Waals surface area contributed by atoms with E-state index in [2.05, 4.69) is 52.9 Å². The molecule has 4 heteroatoms. The van der Waals surface area contributed by atoms with Gasteiger partial charge in [0.05, 0.1) is 17.6 Å². The number of Topliss-reactive ketones (excluding diaryl/α,β-unsaturated/α-hetero) is 1. The Kier molecular flexibility index (Phi) is 3.16. The van der Waals surface area contributed by atoms with E-state index in [1.165, 1.54) is 0 Å². The van der Waals surface area contributed by atoms with E-state index in [9.17, 15) is 4.79 Å². The van der Waals surface area contributed by atoms with Gasteiger partial charge in [0.25, 0.3) is 0 Å². The molecule has 1 saturated heterocycles. The fourth-order valence-corrected chi connectivity index (χ4v) is 5.13. The van der Waals surface area contributed by atoms with E-state index in [1.54, 1.807) is 0 Å². The molecule has 1 spiro atoms. The number of hydrogen-bond acceptors (Lipinski definition) is 3. The summed E-state index contributed by atoms with van der Waals surface area (Å²) in [7, 11) is -1.87. The van der Waals surface area contributed by atoms with Gasteiger partial charge in [0.15, 0.2) is 8.32 Å². The normalized spacial score (nSPS) is 42.5. The van der Waals surface area contributed by atoms with Crippen molar-refractivity contribution >= 4 is 14.1 Å². The van der Waals surface area contributed by atoms with Gasteiger partial charge in [-0.05, 0) is 37.9 Å². The highest BCUT2D eigenvalue weighted by molar-refractivity contribution is 6.74. The van der Waals surface area contributed by atoms with Gasteiger partial charge in [0.1, 0.15) is 11.4 Å². The van der Waals surface area contributed by atoms with Crippen LogP contribution >= 0.6 is 0 Å². The van der Waals surface area contributed by atoms with Gasteiger partial charge in [0.2, 0.25) is 0 Å². The SMILES string of the molecule is CC(C)(C)[Si](C)(C)O[C@@H]1CCC(=O)[C@@H]2C[C@@]3(C)C=C[C@@]12O3. The number of ether oxygens (including phenoxy) is 1. The number of ketones is 1. The minimum Gasteiger partial charge on any atom is -0.411 e. The lowest BCUT2D eigenvalue weighted by molar-refractivity contribution is -0.145. The van der Waals surface area contributed by atoms with E-state index in [1.807, 2.05) is 0 Å². The second-order valence-electron chi connectivity index (χ2n) is 8.73. The topological polar surface area (TPSA) is 35.5 Å². The Morgan fingerprint density at radius 3 is 2.57 bits per heavy atom. The molecule has 2 aliphatic heterocycles. The maximum absolute atomic E-state index is 12.4. The van der Waals surface area contributed by atoms with E-state index in [0.717, 1.165) is 12.8 Å². The van der Waals surface area contributed by atoms with Crippen LogP contribution in [0.15, 0.2) is 12.2 Å². The summed E-state index contributed by atoms with van der Waals surface area (Å²) in [5.41, 5.74) is -0.751. The van der Waals surface area contributed by atoms with Crippen molar-refractivity contribution < 1.29 is 14.0 Å². The molecule has 4 atom stereocenters. The van der Waals surface area contributed by atoms with E-state index < -0.39 is 13.9 Å². The van der Waals surface area contributed by atoms with Crippen molar-refractivity contribution in [3.63, 3.8) is 0 Å². The molecule has 0 aromatic carbocycles. The molecule has 0 aromatic heterocycles. The van der Waals surface area contributed by atoms with Gasteiger partial charge >= 0.3 is 0 Å². The van der Waals surface area contributed by atoms with E-state index in [4.69, 9.17) is 9.16 Å². The molecule has 21 heavy (non-hydrogen) atoms. The lowest BCUT2D eigenvalue weighted by Crippen LogP contribution is -2.57. The monoisotopic (exact) mass is 308 g/mol. The molecule has 3 nitrogen and oxygen atoms in total. The second-order valence-corrected chi connectivity index (χ2v) is 13.5. The summed E-state index contributed by atoms with van der Waals surface area (Å²) in [6.45, 7) is 13.4. The fourth-order valence-electron chi connectivity index (χ4n) is 3.76. The molecular formula is C17H28O3Si. The molecule has 2 fully saturated rings. The first kappa shape index (κ1) is 15.4. The number of fused-ring (bicyclic) bond motifs is 1. The van der Waals surface area contributed by atoms with Crippen LogP contribution in [0.25, 0.3) is 0 Å². The van der Waals surface area contributed by atoms with E-state index in [0.29, 0.717) is 12.2 Å². The number of hydrogen-bond donors (Lipinski definition) is 0. The van der Waals surface area contributed by atoms with Gasteiger partial charge in [0, 0.05) is 6.42 Å². The third-order valence-electron chi connectivity index (χ3n) is 6.05. The molecule has 0 aromatic rings. The summed E-state index contributed by atoms with van der Waals surface area (Å²) in [5, 5.41) is 0.171. The van der Waals surface area contributed by atoms with Crippen LogP contribution in [-0.2, 0) is 14.0 Å². The van der Waals surface area contributed by atoms with Gasteiger partial charge in [-0.3, -0.25) is 4.79 Å². The standard InChI is InChI=1S/C17H28O3Si/c1-15(2,3)21(5,6)19-14-8-7-13(18)12-11-16(4)9-10-17(12,14)20-16/h9-10,12,14H,7-8,11H2,1-6H3/t12-,14+,16+,17-/m0/s1. The summed E-state index contributed by atoms with van der Waals surface area (Å²) in [6.07, 6.45) is 6.56. The third-order valence-corrected chi connectivity index (χ3v) is 10.5. The van der Waals surface area contributed by atoms with Crippen LogP contribution in [-0.4, -0.2) is 31.4 Å². The number of carbonyl (C=O) groups is 1. The molecule has 118 valence electrons. The third kappa shape index (κ3) is 2.18. The van der Waals surface area contributed by atoms with Crippen LogP contribution in [0.4, 0.5) is 0 Å². The zero-order chi connectivity index (χ0) is 15.7. The van der Waals surface area contributed by atoms with Gasteiger partial charge < -0.3 is 9.16 Å². The van der Waals surface area contributed by atoms with Crippen molar-refractivity contribution in [3.8, 4) is 0 Å². The van der Waals surface area contributed by atoms with Gasteiger partial charge in [-0.1, -0.05) is 32.9 Å². The summed E-state index contributed by atoms with van der Waals surface area (Å²) in [5.74, 6) is 0.356. The molecule has 0 unspecified atom stereocenters. The Labute approximate surface area is 129 Å². The smallest absolute Gasteiger partial charge is 0.192 e. The predicted molar refractivity (Wildman–Crippen MR) is 85.8 cm³/mol. The Hall–Kier alpha value is -0.453. The van der Waals surface area contributed by atoms with Crippen molar-refractivity contribution in [2.75, 3.05) is 0 Å². The van der Waals surface area contributed by atoms with Crippen molar-refractivity contribution in [2.45, 2.75) is 82.4 Å². The van der Waals surface area contributed by atoms with Crippen LogP contribution in [0, 0.1) is 5.92 Å². The molecule has 2 bridgehead atoms. The van der Waals surface area contributed by atoms with Crippen molar-refractivity contribution in [1.82, 2.24) is 0 Å². The van der Waals surface area contributed by atoms with Crippen LogP contribution in [0.3, 0.4) is 0 Å². The van der Waals surface area contributed by atoms with Crippen molar-refractivity contribution in [3.05, 3.63) is 12.2 Å². The van der Waals surface area contributed by atoms with Crippen LogP contribution in [0.1, 0.15) is 47.0 Å². The maximum Gasteiger partial charge on any atom is 0.192 e. The first-order valence-electron chi connectivity index (χ1n) is 8.10. The van der Waals surface area contributed by atoms with Crippen LogP contribution < -0.4 is 0 Å². The Bertz CT molecular complexity index is 505. The maximum atomic E-state index is 12.4. The lowest BCUT2D eigenvalue weighted by atomic mass is 9.69. The predicted octanol–water partition coefficient (Wildman–Crippen LogP) is 3.84. The Balaban J connectivity index is 1.91. The fraction of sp³-hybridized carbons (Fsp3) is 0.824. The van der Waals surface area contributed by atoms with Crippen LogP contribution in [0.5, 0.6) is 0 Å². The highest BCUT2D eigenvalue weighted by atomic mass is 28.4. The molecule has 2 heterocycles. The lowest BCUT2D eigenvalue weighted by Gasteiger charge is -2.47. The minimum absolute atomic E-state index is 0.00369. The quantitative estimate of drug-likeness (QED) is 0.574. The zero-order valence-electron chi connectivity index (χ0n) is 14.2. The van der Waals surface area contributed by atoms with Gasteiger partial charge in [-0.25, -0.2) is 0 Å². The minimum atomic E-state index is -1.87. The Morgan fingerprint density at radius 1 is 1.33 bits per heavy atom. The molecule has 1 aliphatic carbocycles. The molecule has 1 saturated carbocycles.